The monoisotopic (exact) mass is 432 g/mol. The van der Waals surface area contributed by atoms with Gasteiger partial charge in [0.25, 0.3) is 0 Å². The molecule has 0 aliphatic carbocycles. The predicted molar refractivity (Wildman–Crippen MR) is 131 cm³/mol. The lowest BCUT2D eigenvalue weighted by Crippen LogP contribution is -2.30. The van der Waals surface area contributed by atoms with Gasteiger partial charge in [0.05, 0.1) is 22.9 Å². The third-order valence-electron chi connectivity index (χ3n) is 5.67. The summed E-state index contributed by atoms with van der Waals surface area (Å²) in [6.07, 6.45) is 2.19. The normalized spacial score (nSPS) is 11.6. The second kappa shape index (κ2) is 9.43. The maximum atomic E-state index is 4.86. The molecule has 0 fully saturated rings. The Labute approximate surface area is 188 Å². The Kier molecular flexibility index (Phi) is 6.47. The van der Waals surface area contributed by atoms with Crippen LogP contribution in [0.15, 0.2) is 71.0 Å². The molecule has 2 aromatic carbocycles. The van der Waals surface area contributed by atoms with Crippen LogP contribution in [0.4, 0.5) is 15.8 Å². The largest absolute Gasteiger partial charge is 0.410 e. The van der Waals surface area contributed by atoms with Crippen LogP contribution in [0.3, 0.4) is 0 Å². The summed E-state index contributed by atoms with van der Waals surface area (Å²) < 4.78 is 4.52. The van der Waals surface area contributed by atoms with Crippen LogP contribution in [-0.2, 0) is 13.1 Å². The molecule has 0 radical (unpaired) electrons. The standard InChI is InChI=1S/C25H30N5S/c1-5-28(6-2)22-18-29(7-3)25(31-22)27-26-23-20-16-12-13-17-21(20)30(8-4)24(23)19-14-10-9-11-15-19/h9-18H,5-8H2,1-4H3/q+1. The number of benzene rings is 2. The van der Waals surface area contributed by atoms with Gasteiger partial charge in [-0.15, -0.1) is 0 Å². The van der Waals surface area contributed by atoms with Gasteiger partial charge >= 0.3 is 5.13 Å². The molecule has 0 saturated heterocycles. The maximum Gasteiger partial charge on any atom is 0.410 e. The Bertz CT molecular complexity index is 1190. The highest BCUT2D eigenvalue weighted by Gasteiger charge is 2.22. The second-order valence-electron chi connectivity index (χ2n) is 7.33. The summed E-state index contributed by atoms with van der Waals surface area (Å²) in [6, 6.07) is 19.0. The van der Waals surface area contributed by atoms with Gasteiger partial charge in [0.2, 0.25) is 0 Å². The quantitative estimate of drug-likeness (QED) is 0.219. The van der Waals surface area contributed by atoms with Crippen LogP contribution in [0.2, 0.25) is 0 Å². The smallest absolute Gasteiger partial charge is 0.361 e. The van der Waals surface area contributed by atoms with E-state index in [1.807, 2.05) is 6.07 Å². The van der Waals surface area contributed by atoms with Crippen molar-refractivity contribution >= 4 is 38.1 Å². The lowest BCUT2D eigenvalue weighted by atomic mass is 10.1. The summed E-state index contributed by atoms with van der Waals surface area (Å²) >= 11 is 1.70. The molecule has 0 bridgehead atoms. The third kappa shape index (κ3) is 4.00. The van der Waals surface area contributed by atoms with E-state index < -0.39 is 0 Å². The number of fused-ring (bicyclic) bond motifs is 1. The van der Waals surface area contributed by atoms with Crippen LogP contribution in [0.5, 0.6) is 0 Å². The molecule has 4 aromatic rings. The molecule has 0 aliphatic heterocycles. The number of thiazole rings is 1. The minimum atomic E-state index is 0.869. The fraction of sp³-hybridized carbons (Fsp3) is 0.320. The molecule has 0 amide bonds. The van der Waals surface area contributed by atoms with E-state index in [9.17, 15) is 0 Å². The maximum absolute atomic E-state index is 4.86. The first kappa shape index (κ1) is 21.2. The van der Waals surface area contributed by atoms with E-state index in [1.54, 1.807) is 11.3 Å². The van der Waals surface area contributed by atoms with Crippen molar-refractivity contribution in [2.24, 2.45) is 10.2 Å². The summed E-state index contributed by atoms with van der Waals surface area (Å²) in [6.45, 7) is 12.4. The zero-order valence-electron chi connectivity index (χ0n) is 18.7. The number of hydrogen-bond donors (Lipinski definition) is 0. The van der Waals surface area contributed by atoms with Gasteiger partial charge in [-0.25, -0.2) is 4.57 Å². The van der Waals surface area contributed by atoms with E-state index in [4.69, 9.17) is 10.2 Å². The molecule has 2 aromatic heterocycles. The van der Waals surface area contributed by atoms with Gasteiger partial charge in [-0.1, -0.05) is 48.5 Å². The van der Waals surface area contributed by atoms with E-state index in [-0.39, 0.29) is 0 Å². The van der Waals surface area contributed by atoms with Crippen molar-refractivity contribution in [2.75, 3.05) is 18.0 Å². The highest BCUT2D eigenvalue weighted by Crippen LogP contribution is 2.41. The van der Waals surface area contributed by atoms with Crippen LogP contribution in [0.1, 0.15) is 27.7 Å². The van der Waals surface area contributed by atoms with Crippen LogP contribution in [-0.4, -0.2) is 17.7 Å². The lowest BCUT2D eigenvalue weighted by Gasteiger charge is -2.16. The van der Waals surface area contributed by atoms with Crippen molar-refractivity contribution in [2.45, 2.75) is 40.8 Å². The van der Waals surface area contributed by atoms with E-state index in [0.717, 1.165) is 53.6 Å². The zero-order chi connectivity index (χ0) is 21.8. The van der Waals surface area contributed by atoms with Crippen molar-refractivity contribution in [3.05, 3.63) is 60.8 Å². The molecule has 5 nitrogen and oxygen atoms in total. The number of anilines is 1. The predicted octanol–water partition coefficient (Wildman–Crippen LogP) is 6.96. The zero-order valence-corrected chi connectivity index (χ0v) is 19.6. The molecular formula is C25H30N5S+. The molecule has 0 aliphatic rings. The Hall–Kier alpha value is -2.99. The first-order valence-electron chi connectivity index (χ1n) is 11.1. The van der Waals surface area contributed by atoms with Crippen molar-refractivity contribution in [3.8, 4) is 11.3 Å². The summed E-state index contributed by atoms with van der Waals surface area (Å²) in [4.78, 5) is 2.36. The molecule has 0 atom stereocenters. The Balaban J connectivity index is 1.87. The highest BCUT2D eigenvalue weighted by atomic mass is 32.1. The number of para-hydroxylation sites is 1. The average molecular weight is 433 g/mol. The molecular weight excluding hydrogens is 402 g/mol. The molecule has 0 saturated carbocycles. The summed E-state index contributed by atoms with van der Waals surface area (Å²) in [5.41, 5.74) is 4.41. The minimum absolute atomic E-state index is 0.869. The molecule has 160 valence electrons. The number of rotatable bonds is 8. The fourth-order valence-electron chi connectivity index (χ4n) is 4.05. The van der Waals surface area contributed by atoms with Gasteiger partial charge in [0.1, 0.15) is 16.9 Å². The first-order valence-corrected chi connectivity index (χ1v) is 11.9. The van der Waals surface area contributed by atoms with Crippen LogP contribution in [0.25, 0.3) is 22.2 Å². The number of aryl methyl sites for hydroxylation is 2. The fourth-order valence-corrected chi connectivity index (χ4v) is 5.18. The average Bonchev–Trinajstić information content (AvgIpc) is 3.37. The lowest BCUT2D eigenvalue weighted by molar-refractivity contribution is -0.676. The van der Waals surface area contributed by atoms with Gasteiger partial charge in [0.15, 0.2) is 0 Å². The third-order valence-corrected chi connectivity index (χ3v) is 6.74. The summed E-state index contributed by atoms with van der Waals surface area (Å²) in [5.74, 6) is 0. The molecule has 0 spiro atoms. The molecule has 0 N–H and O–H groups in total. The number of aromatic nitrogens is 2. The van der Waals surface area contributed by atoms with Crippen LogP contribution >= 0.6 is 11.3 Å². The van der Waals surface area contributed by atoms with Crippen molar-refractivity contribution in [1.29, 1.82) is 0 Å². The molecule has 4 rings (SSSR count). The summed E-state index contributed by atoms with van der Waals surface area (Å²) in [7, 11) is 0. The van der Waals surface area contributed by atoms with E-state index in [2.05, 4.69) is 96.5 Å². The Morgan fingerprint density at radius 2 is 1.61 bits per heavy atom. The van der Waals surface area contributed by atoms with Crippen LogP contribution in [0, 0.1) is 0 Å². The summed E-state index contributed by atoms with van der Waals surface area (Å²) in [5, 5.41) is 12.9. The number of nitrogens with zero attached hydrogens (tertiary/aromatic N) is 5. The highest BCUT2D eigenvalue weighted by molar-refractivity contribution is 7.18. The van der Waals surface area contributed by atoms with E-state index >= 15 is 0 Å². The van der Waals surface area contributed by atoms with Gasteiger partial charge in [-0.05, 0) is 50.2 Å². The Morgan fingerprint density at radius 1 is 0.903 bits per heavy atom. The van der Waals surface area contributed by atoms with E-state index in [1.165, 1.54) is 10.5 Å². The van der Waals surface area contributed by atoms with Gasteiger partial charge < -0.3 is 9.47 Å². The van der Waals surface area contributed by atoms with Gasteiger partial charge in [0, 0.05) is 30.6 Å². The molecule has 0 unspecified atom stereocenters. The van der Waals surface area contributed by atoms with Gasteiger partial charge in [-0.2, -0.15) is 0 Å². The van der Waals surface area contributed by atoms with Crippen LogP contribution < -0.4 is 9.47 Å². The van der Waals surface area contributed by atoms with Gasteiger partial charge in [-0.3, -0.25) is 0 Å². The second-order valence-corrected chi connectivity index (χ2v) is 8.32. The van der Waals surface area contributed by atoms with Crippen molar-refractivity contribution in [1.82, 2.24) is 4.57 Å². The molecule has 31 heavy (non-hydrogen) atoms. The number of hydrogen-bond acceptors (Lipinski definition) is 4. The van der Waals surface area contributed by atoms with Crippen molar-refractivity contribution in [3.63, 3.8) is 0 Å². The van der Waals surface area contributed by atoms with Crippen molar-refractivity contribution < 1.29 is 4.57 Å². The molecule has 2 heterocycles. The SMILES string of the molecule is CCN(CC)c1c[n+](CC)c(N=Nc2c(-c3ccccc3)n(CC)c3ccccc23)s1. The van der Waals surface area contributed by atoms with E-state index in [0.29, 0.717) is 0 Å². The Morgan fingerprint density at radius 3 is 2.29 bits per heavy atom. The first-order chi connectivity index (χ1) is 15.2. The topological polar surface area (TPSA) is 36.8 Å². The number of azo groups is 1. The molecule has 6 heteroatoms. The minimum Gasteiger partial charge on any atom is -0.361 e.